The van der Waals surface area contributed by atoms with Gasteiger partial charge >= 0.3 is 0 Å². The molecule has 0 spiro atoms. The Labute approximate surface area is 110 Å². The van der Waals surface area contributed by atoms with Crippen molar-refractivity contribution < 1.29 is 4.79 Å². The first-order valence-corrected chi connectivity index (χ1v) is 5.93. The number of carbonyl (C=O) groups is 1. The van der Waals surface area contributed by atoms with Crippen molar-refractivity contribution in [1.29, 1.82) is 0 Å². The lowest BCUT2D eigenvalue weighted by Gasteiger charge is -2.17. The van der Waals surface area contributed by atoms with Crippen LogP contribution in [0, 0.1) is 6.92 Å². The van der Waals surface area contributed by atoms with Crippen LogP contribution in [0.1, 0.15) is 21.6 Å². The lowest BCUT2D eigenvalue weighted by atomic mass is 10.1. The van der Waals surface area contributed by atoms with E-state index in [1.165, 1.54) is 12.1 Å². The molecule has 0 saturated carbocycles. The van der Waals surface area contributed by atoms with E-state index in [1.54, 1.807) is 11.9 Å². The van der Waals surface area contributed by atoms with E-state index >= 15 is 0 Å². The molecule has 2 aromatic rings. The van der Waals surface area contributed by atoms with Gasteiger partial charge < -0.3 is 4.90 Å². The number of aromatic amines is 1. The first-order valence-electron chi connectivity index (χ1n) is 5.93. The Hall–Kier alpha value is -2.43. The van der Waals surface area contributed by atoms with E-state index in [4.69, 9.17) is 0 Å². The molecule has 1 aromatic carbocycles. The van der Waals surface area contributed by atoms with E-state index in [0.717, 1.165) is 11.1 Å². The lowest BCUT2D eigenvalue weighted by molar-refractivity contribution is 0.0778. The van der Waals surface area contributed by atoms with Gasteiger partial charge in [0.1, 0.15) is 5.69 Å². The average molecular weight is 257 g/mol. The molecule has 98 valence electrons. The van der Waals surface area contributed by atoms with Gasteiger partial charge in [0.2, 0.25) is 0 Å². The van der Waals surface area contributed by atoms with E-state index in [1.807, 2.05) is 31.2 Å². The molecule has 0 unspecified atom stereocenters. The quantitative estimate of drug-likeness (QED) is 0.902. The van der Waals surface area contributed by atoms with Crippen molar-refractivity contribution in [3.63, 3.8) is 0 Å². The number of benzene rings is 1. The zero-order valence-electron chi connectivity index (χ0n) is 10.9. The predicted molar refractivity (Wildman–Crippen MR) is 71.8 cm³/mol. The van der Waals surface area contributed by atoms with Gasteiger partial charge in [-0.3, -0.25) is 9.59 Å². The third-order valence-electron chi connectivity index (χ3n) is 2.91. The molecule has 0 aliphatic carbocycles. The van der Waals surface area contributed by atoms with Crippen LogP contribution >= 0.6 is 0 Å². The Kier molecular flexibility index (Phi) is 3.75. The van der Waals surface area contributed by atoms with Crippen molar-refractivity contribution in [3.05, 3.63) is 63.6 Å². The number of amides is 1. The fourth-order valence-corrected chi connectivity index (χ4v) is 1.77. The smallest absolute Gasteiger partial charge is 0.274 e. The number of hydrogen-bond acceptors (Lipinski definition) is 3. The molecule has 0 fully saturated rings. The number of rotatable bonds is 3. The maximum atomic E-state index is 12.1. The Bertz CT molecular complexity index is 629. The summed E-state index contributed by atoms with van der Waals surface area (Å²) >= 11 is 0. The van der Waals surface area contributed by atoms with Crippen molar-refractivity contribution in [2.75, 3.05) is 7.05 Å². The van der Waals surface area contributed by atoms with Crippen LogP contribution < -0.4 is 5.56 Å². The Morgan fingerprint density at radius 3 is 2.63 bits per heavy atom. The molecule has 1 N–H and O–H groups in total. The fraction of sp³-hybridized carbons (Fsp3) is 0.214. The van der Waals surface area contributed by atoms with E-state index in [0.29, 0.717) is 6.54 Å². The monoisotopic (exact) mass is 257 g/mol. The second-order valence-corrected chi connectivity index (χ2v) is 4.39. The molecule has 0 aliphatic rings. The van der Waals surface area contributed by atoms with Crippen molar-refractivity contribution >= 4 is 5.91 Å². The zero-order chi connectivity index (χ0) is 13.8. The Morgan fingerprint density at radius 1 is 1.26 bits per heavy atom. The molecule has 0 aliphatic heterocycles. The SMILES string of the molecule is Cc1ccccc1CN(C)C(=O)c1ccc(=O)[nH]n1. The van der Waals surface area contributed by atoms with E-state index in [-0.39, 0.29) is 17.2 Å². The molecule has 1 aromatic heterocycles. The van der Waals surface area contributed by atoms with Gasteiger partial charge in [0.15, 0.2) is 0 Å². The van der Waals surface area contributed by atoms with Crippen LogP contribution in [0.4, 0.5) is 0 Å². The highest BCUT2D eigenvalue weighted by atomic mass is 16.2. The van der Waals surface area contributed by atoms with Crippen LogP contribution in [-0.2, 0) is 6.54 Å². The van der Waals surface area contributed by atoms with Crippen LogP contribution in [0.2, 0.25) is 0 Å². The minimum atomic E-state index is -0.321. The zero-order valence-corrected chi connectivity index (χ0v) is 10.9. The molecule has 1 heterocycles. The fourth-order valence-electron chi connectivity index (χ4n) is 1.77. The van der Waals surface area contributed by atoms with Gasteiger partial charge in [0.05, 0.1) is 0 Å². The summed E-state index contributed by atoms with van der Waals surface area (Å²) in [4.78, 5) is 24.6. The highest BCUT2D eigenvalue weighted by Gasteiger charge is 2.14. The van der Waals surface area contributed by atoms with Crippen LogP contribution in [0.3, 0.4) is 0 Å². The highest BCUT2D eigenvalue weighted by molar-refractivity contribution is 5.91. The summed E-state index contributed by atoms with van der Waals surface area (Å²) in [5, 5.41) is 5.99. The number of hydrogen-bond donors (Lipinski definition) is 1. The summed E-state index contributed by atoms with van der Waals surface area (Å²) in [6.07, 6.45) is 0. The number of nitrogens with zero attached hydrogens (tertiary/aromatic N) is 2. The molecule has 0 saturated heterocycles. The van der Waals surface area contributed by atoms with Crippen LogP contribution in [0.25, 0.3) is 0 Å². The second kappa shape index (κ2) is 5.48. The van der Waals surface area contributed by atoms with Gasteiger partial charge in [-0.2, -0.15) is 5.10 Å². The predicted octanol–water partition coefficient (Wildman–Crippen LogP) is 1.35. The largest absolute Gasteiger partial charge is 0.336 e. The second-order valence-electron chi connectivity index (χ2n) is 4.39. The van der Waals surface area contributed by atoms with Gasteiger partial charge in [0, 0.05) is 19.7 Å². The minimum Gasteiger partial charge on any atom is -0.336 e. The number of aryl methyl sites for hydroxylation is 1. The summed E-state index contributed by atoms with van der Waals surface area (Å²) in [6, 6.07) is 10.6. The molecule has 0 radical (unpaired) electrons. The van der Waals surface area contributed by atoms with E-state index in [2.05, 4.69) is 10.2 Å². The molecule has 2 rings (SSSR count). The van der Waals surface area contributed by atoms with Gasteiger partial charge in [-0.05, 0) is 24.1 Å². The number of nitrogens with one attached hydrogen (secondary N) is 1. The van der Waals surface area contributed by atoms with Crippen LogP contribution in [-0.4, -0.2) is 28.1 Å². The molecule has 5 nitrogen and oxygen atoms in total. The lowest BCUT2D eigenvalue weighted by Crippen LogP contribution is -2.28. The first kappa shape index (κ1) is 13.0. The molecule has 0 atom stereocenters. The molecule has 19 heavy (non-hydrogen) atoms. The normalized spacial score (nSPS) is 10.2. The minimum absolute atomic E-state index is 0.223. The third kappa shape index (κ3) is 3.07. The molecule has 1 amide bonds. The van der Waals surface area contributed by atoms with Crippen molar-refractivity contribution in [2.24, 2.45) is 0 Å². The van der Waals surface area contributed by atoms with Gasteiger partial charge in [-0.25, -0.2) is 5.10 Å². The molecule has 5 heteroatoms. The summed E-state index contributed by atoms with van der Waals surface area (Å²) in [5.74, 6) is -0.223. The average Bonchev–Trinajstić information content (AvgIpc) is 2.41. The summed E-state index contributed by atoms with van der Waals surface area (Å²) in [6.45, 7) is 2.51. The van der Waals surface area contributed by atoms with Gasteiger partial charge in [-0.1, -0.05) is 24.3 Å². The summed E-state index contributed by atoms with van der Waals surface area (Å²) < 4.78 is 0. The summed E-state index contributed by atoms with van der Waals surface area (Å²) in [7, 11) is 1.71. The van der Waals surface area contributed by atoms with Crippen LogP contribution in [0.5, 0.6) is 0 Å². The number of carbonyl (C=O) groups excluding carboxylic acids is 1. The van der Waals surface area contributed by atoms with Gasteiger partial charge in [0.25, 0.3) is 11.5 Å². The standard InChI is InChI=1S/C14H15N3O2/c1-10-5-3-4-6-11(10)9-17(2)14(19)12-7-8-13(18)16-15-12/h3-8H,9H2,1-2H3,(H,16,18). The Morgan fingerprint density at radius 2 is 2.00 bits per heavy atom. The molecule has 0 bridgehead atoms. The maximum Gasteiger partial charge on any atom is 0.274 e. The number of H-pyrrole nitrogens is 1. The Balaban J connectivity index is 2.14. The van der Waals surface area contributed by atoms with Crippen LogP contribution in [0.15, 0.2) is 41.2 Å². The van der Waals surface area contributed by atoms with Crippen molar-refractivity contribution in [1.82, 2.24) is 15.1 Å². The first-order chi connectivity index (χ1) is 9.08. The van der Waals surface area contributed by atoms with E-state index in [9.17, 15) is 9.59 Å². The van der Waals surface area contributed by atoms with Gasteiger partial charge in [-0.15, -0.1) is 0 Å². The third-order valence-corrected chi connectivity index (χ3v) is 2.91. The molecular formula is C14H15N3O2. The summed E-state index contributed by atoms with van der Waals surface area (Å²) in [5.41, 5.74) is 2.13. The molecular weight excluding hydrogens is 242 g/mol. The van der Waals surface area contributed by atoms with Crippen molar-refractivity contribution in [3.8, 4) is 0 Å². The topological polar surface area (TPSA) is 66.1 Å². The van der Waals surface area contributed by atoms with E-state index < -0.39 is 0 Å². The maximum absolute atomic E-state index is 12.1. The number of aromatic nitrogens is 2. The highest BCUT2D eigenvalue weighted by Crippen LogP contribution is 2.10. The van der Waals surface area contributed by atoms with Crippen molar-refractivity contribution in [2.45, 2.75) is 13.5 Å².